The van der Waals surface area contributed by atoms with Gasteiger partial charge in [-0.1, -0.05) is 26.3 Å². The maximum Gasteiger partial charge on any atom is 0.336 e. The Morgan fingerprint density at radius 1 is 1.38 bits per heavy atom. The normalized spacial score (nSPS) is 11.5. The zero-order chi connectivity index (χ0) is 10.1. The molecule has 0 unspecified atom stereocenters. The van der Waals surface area contributed by atoms with Crippen LogP contribution < -0.4 is 0 Å². The van der Waals surface area contributed by atoms with Gasteiger partial charge in [0, 0.05) is 0 Å². The van der Waals surface area contributed by atoms with Crippen LogP contribution in [0.5, 0.6) is 0 Å². The Kier molecular flexibility index (Phi) is 7.30. The smallest absolute Gasteiger partial charge is 0.336 e. The van der Waals surface area contributed by atoms with Gasteiger partial charge in [-0.05, 0) is 12.8 Å². The molecule has 0 heterocycles. The van der Waals surface area contributed by atoms with E-state index in [1.165, 1.54) is 0 Å². The van der Waals surface area contributed by atoms with E-state index in [-0.39, 0.29) is 6.61 Å². The van der Waals surface area contributed by atoms with Crippen LogP contribution in [0.15, 0.2) is 11.6 Å². The van der Waals surface area contributed by atoms with E-state index in [1.54, 1.807) is 6.08 Å². The number of esters is 1. The van der Waals surface area contributed by atoms with Gasteiger partial charge in [0.15, 0.2) is 0 Å². The Labute approximate surface area is 79.4 Å². The Balaban J connectivity index is 3.99. The second kappa shape index (κ2) is 7.80. The van der Waals surface area contributed by atoms with Crippen molar-refractivity contribution in [2.45, 2.75) is 33.1 Å². The summed E-state index contributed by atoms with van der Waals surface area (Å²) in [5.41, 5.74) is 0.371. The molecule has 0 radical (unpaired) electrons. The van der Waals surface area contributed by atoms with E-state index in [0.717, 1.165) is 19.3 Å². The topological polar surface area (TPSA) is 46.5 Å². The summed E-state index contributed by atoms with van der Waals surface area (Å²) in [5, 5.41) is 8.85. The first-order valence-corrected chi connectivity index (χ1v) is 4.73. The molecule has 0 aromatic carbocycles. The molecule has 76 valence electrons. The second-order valence-corrected chi connectivity index (χ2v) is 2.81. The molecule has 3 heteroatoms. The first kappa shape index (κ1) is 12.2. The van der Waals surface area contributed by atoms with Crippen LogP contribution in [0.4, 0.5) is 0 Å². The molecule has 0 fully saturated rings. The number of unbranched alkanes of at least 4 members (excludes halogenated alkanes) is 1. The molecule has 0 saturated carbocycles. The monoisotopic (exact) mass is 186 g/mol. The van der Waals surface area contributed by atoms with Crippen LogP contribution in [-0.2, 0) is 9.53 Å². The van der Waals surface area contributed by atoms with Gasteiger partial charge in [0.25, 0.3) is 0 Å². The van der Waals surface area contributed by atoms with Gasteiger partial charge in [-0.15, -0.1) is 0 Å². The minimum absolute atomic E-state index is 0.234. The Morgan fingerprint density at radius 2 is 2.08 bits per heavy atom. The minimum atomic E-state index is -0.391. The average molecular weight is 186 g/mol. The van der Waals surface area contributed by atoms with E-state index in [0.29, 0.717) is 12.2 Å². The van der Waals surface area contributed by atoms with E-state index in [9.17, 15) is 4.79 Å². The number of aliphatic hydroxyl groups excluding tert-OH is 1. The summed E-state index contributed by atoms with van der Waals surface area (Å²) in [6, 6.07) is 0. The first-order valence-electron chi connectivity index (χ1n) is 4.73. The van der Waals surface area contributed by atoms with Gasteiger partial charge in [0.05, 0.1) is 18.8 Å². The Hall–Kier alpha value is -0.830. The predicted octanol–water partition coefficient (Wildman–Crippen LogP) is 1.66. The van der Waals surface area contributed by atoms with Crippen molar-refractivity contribution in [2.75, 3.05) is 13.2 Å². The number of allylic oxidation sites excluding steroid dienone is 1. The molecule has 0 spiro atoms. The van der Waals surface area contributed by atoms with Crippen molar-refractivity contribution in [3.05, 3.63) is 11.6 Å². The number of rotatable bonds is 6. The third-order valence-corrected chi connectivity index (χ3v) is 1.55. The molecule has 1 N–H and O–H groups in total. The lowest BCUT2D eigenvalue weighted by molar-refractivity contribution is -0.139. The lowest BCUT2D eigenvalue weighted by atomic mass is 10.2. The highest BCUT2D eigenvalue weighted by Gasteiger charge is 2.07. The van der Waals surface area contributed by atoms with Gasteiger partial charge >= 0.3 is 5.97 Å². The number of hydrogen-bond donors (Lipinski definition) is 1. The second-order valence-electron chi connectivity index (χ2n) is 2.81. The summed E-state index contributed by atoms with van der Waals surface area (Å²) in [7, 11) is 0. The van der Waals surface area contributed by atoms with Crippen LogP contribution in [0.3, 0.4) is 0 Å². The lowest BCUT2D eigenvalue weighted by Crippen LogP contribution is -2.11. The van der Waals surface area contributed by atoms with Crippen LogP contribution in [0.25, 0.3) is 0 Å². The molecule has 3 nitrogen and oxygen atoms in total. The van der Waals surface area contributed by atoms with E-state index in [4.69, 9.17) is 9.84 Å². The summed E-state index contributed by atoms with van der Waals surface area (Å²) in [5.74, 6) is -0.391. The van der Waals surface area contributed by atoms with Gasteiger partial charge in [0.2, 0.25) is 0 Å². The zero-order valence-electron chi connectivity index (χ0n) is 8.38. The molecule has 0 amide bonds. The molecule has 0 aliphatic rings. The minimum Gasteiger partial charge on any atom is -0.462 e. The molecular weight excluding hydrogens is 168 g/mol. The van der Waals surface area contributed by atoms with Crippen molar-refractivity contribution in [1.82, 2.24) is 0 Å². The van der Waals surface area contributed by atoms with Crippen molar-refractivity contribution in [1.29, 1.82) is 0 Å². The molecule has 0 aliphatic heterocycles. The highest BCUT2D eigenvalue weighted by molar-refractivity contribution is 5.88. The van der Waals surface area contributed by atoms with Crippen molar-refractivity contribution < 1.29 is 14.6 Å². The third-order valence-electron chi connectivity index (χ3n) is 1.55. The highest BCUT2D eigenvalue weighted by atomic mass is 16.5. The Morgan fingerprint density at radius 3 is 2.54 bits per heavy atom. The van der Waals surface area contributed by atoms with E-state index in [1.807, 2.05) is 13.8 Å². The molecule has 0 rings (SSSR count). The van der Waals surface area contributed by atoms with Crippen LogP contribution in [-0.4, -0.2) is 24.3 Å². The maximum absolute atomic E-state index is 11.2. The van der Waals surface area contributed by atoms with E-state index >= 15 is 0 Å². The molecule has 0 aliphatic carbocycles. The average Bonchev–Trinajstić information content (AvgIpc) is 2.16. The number of carbonyl (C=O) groups is 1. The van der Waals surface area contributed by atoms with E-state index in [2.05, 4.69) is 0 Å². The van der Waals surface area contributed by atoms with Crippen LogP contribution in [0, 0.1) is 0 Å². The van der Waals surface area contributed by atoms with Crippen molar-refractivity contribution >= 4 is 5.97 Å². The maximum atomic E-state index is 11.2. The van der Waals surface area contributed by atoms with Crippen LogP contribution >= 0.6 is 0 Å². The number of ether oxygens (including phenoxy) is 1. The molecule has 0 saturated heterocycles. The van der Waals surface area contributed by atoms with Gasteiger partial charge in [-0.3, -0.25) is 0 Å². The zero-order valence-corrected chi connectivity index (χ0v) is 8.38. The molecule has 0 atom stereocenters. The molecule has 13 heavy (non-hydrogen) atoms. The lowest BCUT2D eigenvalue weighted by Gasteiger charge is -2.04. The summed E-state index contributed by atoms with van der Waals surface area (Å²) < 4.78 is 4.87. The van der Waals surface area contributed by atoms with Gasteiger partial charge in [-0.25, -0.2) is 4.79 Å². The van der Waals surface area contributed by atoms with Crippen molar-refractivity contribution in [3.63, 3.8) is 0 Å². The van der Waals surface area contributed by atoms with E-state index < -0.39 is 5.97 Å². The fraction of sp³-hybridized carbons (Fsp3) is 0.700. The first-order chi connectivity index (χ1) is 6.26. The number of hydrogen-bond acceptors (Lipinski definition) is 3. The summed E-state index contributed by atoms with van der Waals surface area (Å²) >= 11 is 0. The standard InChI is InChI=1S/C10H18O3/c1-3-5-6-9(8-11)10(12)13-7-4-2/h6,11H,3-5,7-8H2,1-2H3. The van der Waals surface area contributed by atoms with Gasteiger partial charge in [-0.2, -0.15) is 0 Å². The van der Waals surface area contributed by atoms with Crippen molar-refractivity contribution in [2.24, 2.45) is 0 Å². The van der Waals surface area contributed by atoms with Gasteiger partial charge in [0.1, 0.15) is 0 Å². The molecule has 0 aromatic rings. The van der Waals surface area contributed by atoms with Crippen molar-refractivity contribution in [3.8, 4) is 0 Å². The fourth-order valence-corrected chi connectivity index (χ4v) is 0.818. The molecule has 0 bridgehead atoms. The van der Waals surface area contributed by atoms with Crippen LogP contribution in [0.1, 0.15) is 33.1 Å². The highest BCUT2D eigenvalue weighted by Crippen LogP contribution is 2.01. The molecule has 0 aromatic heterocycles. The summed E-state index contributed by atoms with van der Waals surface area (Å²) in [4.78, 5) is 11.2. The predicted molar refractivity (Wildman–Crippen MR) is 51.3 cm³/mol. The fourth-order valence-electron chi connectivity index (χ4n) is 0.818. The summed E-state index contributed by atoms with van der Waals surface area (Å²) in [6.07, 6.45) is 4.30. The van der Waals surface area contributed by atoms with Crippen LogP contribution in [0.2, 0.25) is 0 Å². The van der Waals surface area contributed by atoms with Gasteiger partial charge < -0.3 is 9.84 Å². The third kappa shape index (κ3) is 5.42. The Bertz CT molecular complexity index is 173. The largest absolute Gasteiger partial charge is 0.462 e. The molecular formula is C10H18O3. The number of aliphatic hydroxyl groups is 1. The SMILES string of the molecule is CCCC=C(CO)C(=O)OCCC. The summed E-state index contributed by atoms with van der Waals surface area (Å²) in [6.45, 7) is 4.13. The quantitative estimate of drug-likeness (QED) is 0.507. The number of carbonyl (C=O) groups excluding carboxylic acids is 1.